The Balaban J connectivity index is 2.43. The van der Waals surface area contributed by atoms with E-state index in [0.717, 1.165) is 25.3 Å². The Kier molecular flexibility index (Phi) is 6.56. The quantitative estimate of drug-likeness (QED) is 0.588. The van der Waals surface area contributed by atoms with E-state index in [1.807, 2.05) is 6.08 Å². The molecule has 1 aliphatic rings. The molecule has 0 spiro atoms. The third kappa shape index (κ3) is 4.95. The van der Waals surface area contributed by atoms with Gasteiger partial charge in [0, 0.05) is 18.8 Å². The lowest BCUT2D eigenvalue weighted by molar-refractivity contribution is 0.212. The Morgan fingerprint density at radius 2 is 2.17 bits per heavy atom. The number of rotatable bonds is 7. The predicted molar refractivity (Wildman–Crippen MR) is 81.4 cm³/mol. The van der Waals surface area contributed by atoms with Gasteiger partial charge in [-0.2, -0.15) is 0 Å². The molecule has 1 saturated heterocycles. The third-order valence-electron chi connectivity index (χ3n) is 3.52. The Bertz CT molecular complexity index is 325. The summed E-state index contributed by atoms with van der Waals surface area (Å²) in [5.41, 5.74) is 2.53. The summed E-state index contributed by atoms with van der Waals surface area (Å²) in [5, 5.41) is 0. The van der Waals surface area contributed by atoms with Crippen LogP contribution in [-0.4, -0.2) is 18.0 Å². The van der Waals surface area contributed by atoms with Gasteiger partial charge in [0.05, 0.1) is 0 Å². The van der Waals surface area contributed by atoms with Crippen LogP contribution in [0.4, 0.5) is 0 Å². The Hall–Kier alpha value is -1.24. The molecule has 1 atom stereocenters. The van der Waals surface area contributed by atoms with Crippen LogP contribution >= 0.6 is 0 Å². The first-order chi connectivity index (χ1) is 8.67. The van der Waals surface area contributed by atoms with E-state index in [2.05, 4.69) is 37.6 Å². The highest BCUT2D eigenvalue weighted by Gasteiger charge is 2.20. The van der Waals surface area contributed by atoms with E-state index in [0.29, 0.717) is 0 Å². The number of nitrogens with zero attached hydrogens (tertiary/aromatic N) is 1. The van der Waals surface area contributed by atoms with Gasteiger partial charge in [0.1, 0.15) is 0 Å². The van der Waals surface area contributed by atoms with Gasteiger partial charge in [0.25, 0.3) is 0 Å². The summed E-state index contributed by atoms with van der Waals surface area (Å²) in [4.78, 5) is 2.47. The third-order valence-corrected chi connectivity index (χ3v) is 3.52. The van der Waals surface area contributed by atoms with Crippen LogP contribution in [0.5, 0.6) is 0 Å². The van der Waals surface area contributed by atoms with Crippen molar-refractivity contribution in [2.24, 2.45) is 5.92 Å². The summed E-state index contributed by atoms with van der Waals surface area (Å²) < 4.78 is 0. The van der Waals surface area contributed by atoms with E-state index >= 15 is 0 Å². The number of piperidine rings is 1. The number of allylic oxidation sites excluding steroid dienone is 5. The van der Waals surface area contributed by atoms with Gasteiger partial charge in [-0.3, -0.25) is 0 Å². The largest absolute Gasteiger partial charge is 0.375 e. The summed E-state index contributed by atoms with van der Waals surface area (Å²) in [7, 11) is 0. The second kappa shape index (κ2) is 7.97. The molecule has 18 heavy (non-hydrogen) atoms. The zero-order chi connectivity index (χ0) is 13.4. The molecule has 0 amide bonds. The first-order valence-corrected chi connectivity index (χ1v) is 7.07. The first-order valence-electron chi connectivity index (χ1n) is 7.07. The van der Waals surface area contributed by atoms with E-state index in [-0.39, 0.29) is 0 Å². The molecular weight excluding hydrogens is 218 g/mol. The van der Waals surface area contributed by atoms with Crippen LogP contribution in [0.1, 0.15) is 39.0 Å². The second-order valence-electron chi connectivity index (χ2n) is 5.23. The molecule has 0 aliphatic carbocycles. The molecule has 1 heteroatoms. The zero-order valence-corrected chi connectivity index (χ0v) is 11.8. The molecule has 1 fully saturated rings. The van der Waals surface area contributed by atoms with Crippen molar-refractivity contribution in [1.29, 1.82) is 0 Å². The van der Waals surface area contributed by atoms with Crippen molar-refractivity contribution in [2.75, 3.05) is 13.1 Å². The fourth-order valence-corrected chi connectivity index (χ4v) is 2.61. The van der Waals surface area contributed by atoms with Crippen molar-refractivity contribution in [3.05, 3.63) is 49.2 Å². The molecule has 0 saturated carbocycles. The molecule has 0 aromatic carbocycles. The van der Waals surface area contributed by atoms with Crippen LogP contribution in [0.25, 0.3) is 0 Å². The molecule has 1 rings (SSSR count). The molecule has 1 aliphatic heterocycles. The van der Waals surface area contributed by atoms with Crippen molar-refractivity contribution in [3.63, 3.8) is 0 Å². The molecule has 1 nitrogen and oxygen atoms in total. The smallest absolute Gasteiger partial charge is 0.0206 e. The normalized spacial score (nSPS) is 20.1. The fraction of sp³-hybridized carbons (Fsp3) is 0.529. The first kappa shape index (κ1) is 14.8. The highest BCUT2D eigenvalue weighted by Crippen LogP contribution is 2.26. The Labute approximate surface area is 113 Å². The van der Waals surface area contributed by atoms with Gasteiger partial charge in [0.2, 0.25) is 0 Å². The van der Waals surface area contributed by atoms with Crippen LogP contribution in [0.15, 0.2) is 49.2 Å². The average Bonchev–Trinajstić information content (AvgIpc) is 2.37. The highest BCUT2D eigenvalue weighted by atomic mass is 15.1. The fourth-order valence-electron chi connectivity index (χ4n) is 2.61. The second-order valence-corrected chi connectivity index (χ2v) is 5.23. The summed E-state index contributed by atoms with van der Waals surface area (Å²) in [6, 6.07) is 0. The summed E-state index contributed by atoms with van der Waals surface area (Å²) in [5.74, 6) is 0.731. The molecule has 0 radical (unpaired) electrons. The molecule has 1 unspecified atom stereocenters. The van der Waals surface area contributed by atoms with Gasteiger partial charge in [-0.1, -0.05) is 56.9 Å². The maximum atomic E-state index is 4.21. The van der Waals surface area contributed by atoms with E-state index in [1.165, 1.54) is 37.1 Å². The maximum absolute atomic E-state index is 4.21. The van der Waals surface area contributed by atoms with E-state index in [1.54, 1.807) is 6.08 Å². The number of hydrogen-bond donors (Lipinski definition) is 0. The zero-order valence-electron chi connectivity index (χ0n) is 11.8. The number of likely N-dealkylation sites (tertiary alicyclic amines) is 1. The lowest BCUT2D eigenvalue weighted by atomic mass is 9.91. The molecule has 100 valence electrons. The van der Waals surface area contributed by atoms with Crippen LogP contribution < -0.4 is 0 Å². The van der Waals surface area contributed by atoms with Gasteiger partial charge in [0.15, 0.2) is 0 Å². The lowest BCUT2D eigenvalue weighted by Crippen LogP contribution is -2.34. The minimum Gasteiger partial charge on any atom is -0.375 e. The van der Waals surface area contributed by atoms with Gasteiger partial charge in [-0.25, -0.2) is 0 Å². The summed E-state index contributed by atoms with van der Waals surface area (Å²) in [6.07, 6.45) is 11.9. The minimum absolute atomic E-state index is 0.731. The standard InChI is InChI=1S/C17H27N/c1-5-7-10-15(3)13-17-11-8-12-18(14-17)16(4)9-6-2/h5,7,10,17H,1,3-4,6,8-9,11-14H2,2H3/b10-7-. The van der Waals surface area contributed by atoms with Crippen molar-refractivity contribution in [1.82, 2.24) is 4.90 Å². The predicted octanol–water partition coefficient (Wildman–Crippen LogP) is 4.70. The Morgan fingerprint density at radius 3 is 2.83 bits per heavy atom. The van der Waals surface area contributed by atoms with Crippen molar-refractivity contribution >= 4 is 0 Å². The molecule has 1 heterocycles. The molecule has 0 N–H and O–H groups in total. The topological polar surface area (TPSA) is 3.24 Å². The Morgan fingerprint density at radius 1 is 1.39 bits per heavy atom. The van der Waals surface area contributed by atoms with Gasteiger partial charge in [-0.05, 0) is 31.6 Å². The van der Waals surface area contributed by atoms with Crippen molar-refractivity contribution < 1.29 is 0 Å². The maximum Gasteiger partial charge on any atom is 0.0206 e. The molecular formula is C17H27N. The van der Waals surface area contributed by atoms with E-state index in [9.17, 15) is 0 Å². The number of hydrogen-bond acceptors (Lipinski definition) is 1. The van der Waals surface area contributed by atoms with Crippen LogP contribution in [-0.2, 0) is 0 Å². The summed E-state index contributed by atoms with van der Waals surface area (Å²) >= 11 is 0. The van der Waals surface area contributed by atoms with Crippen LogP contribution in [0.3, 0.4) is 0 Å². The van der Waals surface area contributed by atoms with E-state index in [4.69, 9.17) is 0 Å². The molecule has 0 aromatic rings. The highest BCUT2D eigenvalue weighted by molar-refractivity contribution is 5.18. The lowest BCUT2D eigenvalue weighted by Gasteiger charge is -2.35. The minimum atomic E-state index is 0.731. The summed E-state index contributed by atoms with van der Waals surface area (Å²) in [6.45, 7) is 16.6. The SMILES string of the molecule is C=C/C=C\C(=C)CC1CCCN(C(=C)CCC)C1. The monoisotopic (exact) mass is 245 g/mol. The van der Waals surface area contributed by atoms with Crippen molar-refractivity contribution in [3.8, 4) is 0 Å². The van der Waals surface area contributed by atoms with E-state index < -0.39 is 0 Å². The van der Waals surface area contributed by atoms with Gasteiger partial charge >= 0.3 is 0 Å². The molecule has 0 aromatic heterocycles. The van der Waals surface area contributed by atoms with Crippen LogP contribution in [0.2, 0.25) is 0 Å². The molecule has 0 bridgehead atoms. The van der Waals surface area contributed by atoms with Crippen LogP contribution in [0, 0.1) is 5.92 Å². The van der Waals surface area contributed by atoms with Gasteiger partial charge in [-0.15, -0.1) is 0 Å². The van der Waals surface area contributed by atoms with Gasteiger partial charge < -0.3 is 4.90 Å². The van der Waals surface area contributed by atoms with Crippen molar-refractivity contribution in [2.45, 2.75) is 39.0 Å². The average molecular weight is 245 g/mol.